The minimum atomic E-state index is 0.881. The molecule has 11 aromatic rings. The van der Waals surface area contributed by atoms with Crippen LogP contribution in [0.15, 0.2) is 186 Å². The fourth-order valence-electron chi connectivity index (χ4n) is 8.69. The quantitative estimate of drug-likeness (QED) is 0.178. The molecule has 2 aromatic heterocycles. The normalized spacial score (nSPS) is 11.8. The maximum atomic E-state index is 6.57. The topological polar surface area (TPSA) is 21.3 Å². The van der Waals surface area contributed by atoms with Gasteiger partial charge in [0, 0.05) is 49.4 Å². The summed E-state index contributed by atoms with van der Waals surface area (Å²) in [6, 6.07) is 66.1. The minimum Gasteiger partial charge on any atom is -0.455 e. The number of rotatable bonds is 5. The van der Waals surface area contributed by atoms with Crippen LogP contribution in [0, 0.1) is 13.8 Å². The lowest BCUT2D eigenvalue weighted by molar-refractivity contribution is 0.672. The maximum absolute atomic E-state index is 6.57. The number of furan rings is 1. The van der Waals surface area contributed by atoms with Crippen LogP contribution in [-0.4, -0.2) is 4.57 Å². The number of aryl methyl sites for hydroxylation is 2. The highest BCUT2D eigenvalue weighted by Crippen LogP contribution is 2.45. The highest BCUT2D eigenvalue weighted by molar-refractivity contribution is 6.16. The molecule has 0 aliphatic rings. The van der Waals surface area contributed by atoms with Crippen molar-refractivity contribution in [2.24, 2.45) is 0 Å². The van der Waals surface area contributed by atoms with Crippen molar-refractivity contribution in [1.82, 2.24) is 4.57 Å². The maximum Gasteiger partial charge on any atom is 0.143 e. The van der Waals surface area contributed by atoms with Crippen molar-refractivity contribution in [1.29, 1.82) is 0 Å². The van der Waals surface area contributed by atoms with E-state index in [0.717, 1.165) is 50.1 Å². The molecule has 3 heteroatoms. The fourth-order valence-corrected chi connectivity index (χ4v) is 8.69. The van der Waals surface area contributed by atoms with Gasteiger partial charge in [-0.05, 0) is 115 Å². The monoisotopic (exact) mass is 704 g/mol. The first kappa shape index (κ1) is 31.4. The Hall–Kier alpha value is -7.10. The van der Waals surface area contributed by atoms with Gasteiger partial charge in [-0.1, -0.05) is 114 Å². The van der Waals surface area contributed by atoms with Gasteiger partial charge in [-0.2, -0.15) is 0 Å². The molecule has 0 amide bonds. The number of anilines is 3. The summed E-state index contributed by atoms with van der Waals surface area (Å²) in [5.74, 6) is 0. The van der Waals surface area contributed by atoms with E-state index in [0.29, 0.717) is 0 Å². The Balaban J connectivity index is 1.13. The molecule has 0 saturated carbocycles. The number of nitrogens with zero attached hydrogens (tertiary/aromatic N) is 2. The van der Waals surface area contributed by atoms with Crippen molar-refractivity contribution in [2.45, 2.75) is 13.8 Å². The second-order valence-corrected chi connectivity index (χ2v) is 14.7. The molecule has 0 bridgehead atoms. The van der Waals surface area contributed by atoms with E-state index in [1.54, 1.807) is 0 Å². The van der Waals surface area contributed by atoms with E-state index >= 15 is 0 Å². The Kier molecular flexibility index (Phi) is 6.99. The lowest BCUT2D eigenvalue weighted by Crippen LogP contribution is -2.11. The van der Waals surface area contributed by atoms with Gasteiger partial charge in [-0.3, -0.25) is 0 Å². The molecule has 0 spiro atoms. The van der Waals surface area contributed by atoms with E-state index in [2.05, 4.69) is 205 Å². The smallest absolute Gasteiger partial charge is 0.143 e. The third kappa shape index (κ3) is 4.97. The lowest BCUT2D eigenvalue weighted by Gasteiger charge is -2.28. The molecular formula is C52H36N2O. The zero-order valence-electron chi connectivity index (χ0n) is 30.6. The SMILES string of the molecule is Cc1ccc2c(c1)c1cc(C)ccc1n2-c1ccc(N(c2ccc3oc4c5ccccc5ccc4c3c2)c2ccc(-c3ccccc3)c3ccccc23)cc1. The molecule has 2 heterocycles. The lowest BCUT2D eigenvalue weighted by atomic mass is 9.96. The zero-order chi connectivity index (χ0) is 36.6. The number of fused-ring (bicyclic) bond motifs is 9. The predicted octanol–water partition coefficient (Wildman–Crippen LogP) is 14.7. The zero-order valence-corrected chi connectivity index (χ0v) is 30.6. The van der Waals surface area contributed by atoms with E-state index in [-0.39, 0.29) is 0 Å². The molecule has 0 unspecified atom stereocenters. The van der Waals surface area contributed by atoms with Crippen LogP contribution in [-0.2, 0) is 0 Å². The van der Waals surface area contributed by atoms with E-state index in [9.17, 15) is 0 Å². The predicted molar refractivity (Wildman–Crippen MR) is 233 cm³/mol. The fraction of sp³-hybridized carbons (Fsp3) is 0.0385. The van der Waals surface area contributed by atoms with E-state index in [4.69, 9.17) is 4.42 Å². The van der Waals surface area contributed by atoms with Crippen LogP contribution in [0.1, 0.15) is 11.1 Å². The standard InChI is InChI=1S/C52H36N2O/c1-33-16-26-49-45(30-33)46-31-34(2)17-27-50(46)54(49)38-21-19-37(20-22-38)53(48-28-25-40(35-10-4-3-5-11-35)42-14-8-9-15-43(42)48)39-23-29-51-47(32-39)44-24-18-36-12-6-7-13-41(36)52(44)55-51/h3-32H,1-2H3. The average molecular weight is 705 g/mol. The number of hydrogen-bond acceptors (Lipinski definition) is 2. The summed E-state index contributed by atoms with van der Waals surface area (Å²) in [6.45, 7) is 4.34. The van der Waals surface area contributed by atoms with Gasteiger partial charge in [0.25, 0.3) is 0 Å². The molecule has 0 N–H and O–H groups in total. The van der Waals surface area contributed by atoms with Gasteiger partial charge in [-0.15, -0.1) is 0 Å². The molecule has 9 aromatic carbocycles. The molecule has 3 nitrogen and oxygen atoms in total. The van der Waals surface area contributed by atoms with Gasteiger partial charge in [-0.25, -0.2) is 0 Å². The van der Waals surface area contributed by atoms with Crippen molar-refractivity contribution < 1.29 is 4.42 Å². The summed E-state index contributed by atoms with van der Waals surface area (Å²) < 4.78 is 8.97. The Morgan fingerprint density at radius 3 is 1.84 bits per heavy atom. The molecule has 11 rings (SSSR count). The Bertz CT molecular complexity index is 3220. The summed E-state index contributed by atoms with van der Waals surface area (Å²) in [4.78, 5) is 2.40. The van der Waals surface area contributed by atoms with Gasteiger partial charge < -0.3 is 13.9 Å². The molecule has 0 radical (unpaired) electrons. The van der Waals surface area contributed by atoms with Crippen LogP contribution >= 0.6 is 0 Å². The largest absolute Gasteiger partial charge is 0.455 e. The van der Waals surface area contributed by atoms with Gasteiger partial charge >= 0.3 is 0 Å². The first-order valence-corrected chi connectivity index (χ1v) is 18.9. The molecule has 0 saturated heterocycles. The van der Waals surface area contributed by atoms with Crippen molar-refractivity contribution in [3.8, 4) is 16.8 Å². The number of hydrogen-bond donors (Lipinski definition) is 0. The summed E-state index contributed by atoms with van der Waals surface area (Å²) in [5, 5.41) is 9.48. The van der Waals surface area contributed by atoms with Crippen LogP contribution in [0.4, 0.5) is 17.1 Å². The second kappa shape index (κ2) is 12.2. The second-order valence-electron chi connectivity index (χ2n) is 14.7. The summed E-state index contributed by atoms with van der Waals surface area (Å²) in [7, 11) is 0. The first-order chi connectivity index (χ1) is 27.1. The molecule has 260 valence electrons. The highest BCUT2D eigenvalue weighted by Gasteiger charge is 2.20. The van der Waals surface area contributed by atoms with E-state index in [1.807, 2.05) is 0 Å². The van der Waals surface area contributed by atoms with Gasteiger partial charge in [0.05, 0.1) is 16.7 Å². The summed E-state index contributed by atoms with van der Waals surface area (Å²) >= 11 is 0. The number of aromatic nitrogens is 1. The Morgan fingerprint density at radius 2 is 1.09 bits per heavy atom. The van der Waals surface area contributed by atoms with Crippen molar-refractivity contribution >= 4 is 82.4 Å². The third-order valence-corrected chi connectivity index (χ3v) is 11.3. The van der Waals surface area contributed by atoms with Gasteiger partial charge in [0.2, 0.25) is 0 Å². The molecule has 0 aliphatic carbocycles. The molecule has 0 atom stereocenters. The van der Waals surface area contributed by atoms with Crippen molar-refractivity contribution in [2.75, 3.05) is 4.90 Å². The van der Waals surface area contributed by atoms with Crippen LogP contribution in [0.2, 0.25) is 0 Å². The average Bonchev–Trinajstić information content (AvgIpc) is 3.76. The van der Waals surface area contributed by atoms with Crippen LogP contribution < -0.4 is 4.90 Å². The molecule has 0 fully saturated rings. The Morgan fingerprint density at radius 1 is 0.436 bits per heavy atom. The van der Waals surface area contributed by atoms with E-state index in [1.165, 1.54) is 60.2 Å². The van der Waals surface area contributed by atoms with Crippen LogP contribution in [0.25, 0.3) is 82.1 Å². The first-order valence-electron chi connectivity index (χ1n) is 18.9. The third-order valence-electron chi connectivity index (χ3n) is 11.3. The van der Waals surface area contributed by atoms with E-state index < -0.39 is 0 Å². The minimum absolute atomic E-state index is 0.881. The highest BCUT2D eigenvalue weighted by atomic mass is 16.3. The molecule has 0 aliphatic heterocycles. The molecule has 55 heavy (non-hydrogen) atoms. The van der Waals surface area contributed by atoms with Crippen LogP contribution in [0.3, 0.4) is 0 Å². The van der Waals surface area contributed by atoms with Crippen molar-refractivity contribution in [3.63, 3.8) is 0 Å². The summed E-state index contributed by atoms with van der Waals surface area (Å²) in [6.07, 6.45) is 0. The van der Waals surface area contributed by atoms with Crippen LogP contribution in [0.5, 0.6) is 0 Å². The Labute approximate surface area is 318 Å². The molecular weight excluding hydrogens is 669 g/mol. The van der Waals surface area contributed by atoms with Crippen molar-refractivity contribution in [3.05, 3.63) is 193 Å². The van der Waals surface area contributed by atoms with Gasteiger partial charge in [0.1, 0.15) is 11.2 Å². The summed E-state index contributed by atoms with van der Waals surface area (Å²) in [5.41, 5.74) is 13.6. The number of benzene rings is 9. The van der Waals surface area contributed by atoms with Gasteiger partial charge in [0.15, 0.2) is 0 Å².